The largest absolute Gasteiger partial charge is 0.445 e. The molecule has 0 spiro atoms. The summed E-state index contributed by atoms with van der Waals surface area (Å²) in [4.78, 5) is 44.6. The lowest BCUT2D eigenvalue weighted by atomic mass is 9.84. The molecule has 8 nitrogen and oxygen atoms in total. The first-order valence-corrected chi connectivity index (χ1v) is 17.3. The molecule has 3 aromatic carbocycles. The van der Waals surface area contributed by atoms with Crippen molar-refractivity contribution in [2.45, 2.75) is 41.3 Å². The van der Waals surface area contributed by atoms with E-state index >= 15 is 0 Å². The number of hydrogen-bond donors (Lipinski definition) is 0. The Morgan fingerprint density at radius 1 is 0.771 bits per heavy atom. The summed E-state index contributed by atoms with van der Waals surface area (Å²) < 4.78 is 10.4. The first kappa shape index (κ1) is 34.8. The molecule has 0 N–H and O–H groups in total. The summed E-state index contributed by atoms with van der Waals surface area (Å²) in [5.74, 6) is -0.158. The van der Waals surface area contributed by atoms with Crippen molar-refractivity contribution >= 4 is 29.9 Å². The van der Waals surface area contributed by atoms with Crippen LogP contribution in [-0.2, 0) is 19.0 Å². The number of nitrogens with zero attached hydrogens (tertiary/aromatic N) is 3. The van der Waals surface area contributed by atoms with Crippen molar-refractivity contribution in [2.75, 3.05) is 40.4 Å². The van der Waals surface area contributed by atoms with Gasteiger partial charge in [0.15, 0.2) is 0 Å². The summed E-state index contributed by atoms with van der Waals surface area (Å²) in [7, 11) is 3.38. The van der Waals surface area contributed by atoms with Crippen LogP contribution in [0.4, 0.5) is 9.59 Å². The van der Waals surface area contributed by atoms with Crippen molar-refractivity contribution in [3.63, 3.8) is 0 Å². The van der Waals surface area contributed by atoms with Crippen molar-refractivity contribution < 1.29 is 23.9 Å². The van der Waals surface area contributed by atoms with Crippen LogP contribution in [0.5, 0.6) is 0 Å². The molecule has 3 amide bonds. The number of benzene rings is 3. The summed E-state index contributed by atoms with van der Waals surface area (Å²) in [6.45, 7) is 8.40. The van der Waals surface area contributed by atoms with Gasteiger partial charge in [-0.1, -0.05) is 116 Å². The van der Waals surface area contributed by atoms with Gasteiger partial charge in [0.05, 0.1) is 4.75 Å². The Morgan fingerprint density at radius 2 is 1.25 bits per heavy atom. The van der Waals surface area contributed by atoms with Crippen LogP contribution in [-0.4, -0.2) is 90.5 Å². The molecule has 48 heavy (non-hydrogen) atoms. The fourth-order valence-corrected chi connectivity index (χ4v) is 8.89. The zero-order valence-corrected chi connectivity index (χ0v) is 28.6. The number of likely N-dealkylation sites (tertiary alicyclic amines) is 2. The molecule has 4 atom stereocenters. The summed E-state index contributed by atoms with van der Waals surface area (Å²) in [6, 6.07) is 30.8. The maximum atomic E-state index is 13.6. The van der Waals surface area contributed by atoms with Crippen LogP contribution in [0, 0.1) is 5.92 Å². The smallest absolute Gasteiger partial charge is 0.410 e. The molecular weight excluding hydrogens is 623 g/mol. The van der Waals surface area contributed by atoms with Gasteiger partial charge in [0.25, 0.3) is 0 Å². The molecule has 2 aliphatic heterocycles. The van der Waals surface area contributed by atoms with Gasteiger partial charge in [-0.05, 0) is 41.9 Å². The van der Waals surface area contributed by atoms with Crippen molar-refractivity contribution in [3.05, 3.63) is 133 Å². The Morgan fingerprint density at radius 3 is 1.71 bits per heavy atom. The number of ether oxygens (including phenoxy) is 2. The fraction of sp³-hybridized carbons (Fsp3) is 0.359. The highest BCUT2D eigenvalue weighted by Gasteiger charge is 2.47. The van der Waals surface area contributed by atoms with Gasteiger partial charge in [0, 0.05) is 38.5 Å². The molecule has 1 unspecified atom stereocenters. The second kappa shape index (κ2) is 16.1. The lowest BCUT2D eigenvalue weighted by Crippen LogP contribution is -2.45. The van der Waals surface area contributed by atoms with E-state index in [-0.39, 0.29) is 42.4 Å². The first-order valence-electron chi connectivity index (χ1n) is 16.4. The normalized spacial score (nSPS) is 20.6. The predicted octanol–water partition coefficient (Wildman–Crippen LogP) is 6.97. The lowest BCUT2D eigenvalue weighted by molar-refractivity contribution is -0.133. The molecule has 0 aromatic heterocycles. The Labute approximate surface area is 288 Å². The minimum absolute atomic E-state index is 0.0132. The molecule has 0 saturated carbocycles. The second-order valence-electron chi connectivity index (χ2n) is 12.5. The lowest BCUT2D eigenvalue weighted by Gasteiger charge is -2.37. The predicted molar refractivity (Wildman–Crippen MR) is 191 cm³/mol. The van der Waals surface area contributed by atoms with E-state index in [1.807, 2.05) is 34.9 Å². The number of amides is 3. The van der Waals surface area contributed by atoms with Gasteiger partial charge in [-0.25, -0.2) is 9.59 Å². The van der Waals surface area contributed by atoms with E-state index in [1.165, 1.54) is 15.9 Å². The molecule has 5 rings (SSSR count). The molecule has 0 bridgehead atoms. The maximum Gasteiger partial charge on any atom is 0.410 e. The highest BCUT2D eigenvalue weighted by atomic mass is 32.2. The van der Waals surface area contributed by atoms with Crippen LogP contribution in [0.25, 0.3) is 0 Å². The highest BCUT2D eigenvalue weighted by Crippen LogP contribution is 2.52. The van der Waals surface area contributed by atoms with Crippen molar-refractivity contribution in [1.82, 2.24) is 14.7 Å². The van der Waals surface area contributed by atoms with Crippen molar-refractivity contribution in [3.8, 4) is 0 Å². The Bertz CT molecular complexity index is 1450. The van der Waals surface area contributed by atoms with Crippen LogP contribution in [0.2, 0.25) is 0 Å². The Hall–Kier alpha value is -4.50. The van der Waals surface area contributed by atoms with Gasteiger partial charge in [0.2, 0.25) is 5.91 Å². The van der Waals surface area contributed by atoms with Gasteiger partial charge in [-0.2, -0.15) is 0 Å². The molecule has 2 aliphatic rings. The number of thioether (sulfide) groups is 1. The maximum absolute atomic E-state index is 13.6. The molecule has 3 aromatic rings. The summed E-state index contributed by atoms with van der Waals surface area (Å²) >= 11 is 1.87. The minimum atomic E-state index is -0.628. The summed E-state index contributed by atoms with van der Waals surface area (Å²) in [5, 5.41) is 0.0566. The minimum Gasteiger partial charge on any atom is -0.445 e. The van der Waals surface area contributed by atoms with Crippen LogP contribution in [0.1, 0.15) is 36.0 Å². The average Bonchev–Trinajstić information content (AvgIpc) is 3.73. The van der Waals surface area contributed by atoms with Crippen LogP contribution < -0.4 is 0 Å². The van der Waals surface area contributed by atoms with E-state index in [0.717, 1.165) is 23.1 Å². The molecule has 0 radical (unpaired) electrons. The monoisotopic (exact) mass is 667 g/mol. The van der Waals surface area contributed by atoms with E-state index in [9.17, 15) is 14.4 Å². The van der Waals surface area contributed by atoms with Gasteiger partial charge in [0.1, 0.15) is 19.3 Å². The number of hydrogen-bond acceptors (Lipinski definition) is 6. The third kappa shape index (κ3) is 7.62. The summed E-state index contributed by atoms with van der Waals surface area (Å²) in [6.07, 6.45) is 4.02. The highest BCUT2D eigenvalue weighted by molar-refractivity contribution is 8.01. The van der Waals surface area contributed by atoms with Gasteiger partial charge in [-0.15, -0.1) is 11.8 Å². The van der Waals surface area contributed by atoms with E-state index in [1.54, 1.807) is 20.2 Å². The number of carbonyl (C=O) groups is 3. The van der Waals surface area contributed by atoms with Gasteiger partial charge >= 0.3 is 12.2 Å². The third-order valence-electron chi connectivity index (χ3n) is 9.10. The van der Waals surface area contributed by atoms with Gasteiger partial charge < -0.3 is 19.3 Å². The quantitative estimate of drug-likeness (QED) is 0.153. The van der Waals surface area contributed by atoms with Crippen molar-refractivity contribution in [1.29, 1.82) is 0 Å². The molecule has 252 valence electrons. The van der Waals surface area contributed by atoms with Crippen LogP contribution >= 0.6 is 11.8 Å². The van der Waals surface area contributed by atoms with E-state index in [2.05, 4.69) is 86.0 Å². The zero-order valence-electron chi connectivity index (χ0n) is 27.8. The Kier molecular flexibility index (Phi) is 11.7. The topological polar surface area (TPSA) is 79.4 Å². The molecular formula is C39H45N3O5S. The third-order valence-corrected chi connectivity index (χ3v) is 10.8. The van der Waals surface area contributed by atoms with Crippen LogP contribution in [0.3, 0.4) is 0 Å². The number of carbonyl (C=O) groups excluding carboxylic acids is 3. The van der Waals surface area contributed by atoms with E-state index < -0.39 is 16.9 Å². The van der Waals surface area contributed by atoms with E-state index in [4.69, 9.17) is 9.47 Å². The first-order chi connectivity index (χ1) is 23.3. The van der Waals surface area contributed by atoms with E-state index in [0.29, 0.717) is 25.9 Å². The standard InChI is InChI=1S/C39H45N3O5S/c1-5-22-46-37(44)41-28-34(26-33(41)24-29-25-35(36(43)40(3)4)42(27-29)38(45)47-23-6-2)48-39(30-16-10-7-11-17-30,31-18-12-8-13-19-31)32-20-14-9-15-21-32/h5-21,29,33-35H,1-2,22-28H2,3-4H3/t29?,33-,34+,35+/m1/s1. The molecule has 2 fully saturated rings. The molecule has 2 heterocycles. The van der Waals surface area contributed by atoms with Crippen LogP contribution in [0.15, 0.2) is 116 Å². The van der Waals surface area contributed by atoms with Crippen molar-refractivity contribution in [2.24, 2.45) is 5.92 Å². The number of likely N-dealkylation sites (N-methyl/N-ethyl adjacent to an activating group) is 1. The second-order valence-corrected chi connectivity index (χ2v) is 14.0. The molecule has 0 aliphatic carbocycles. The average molecular weight is 668 g/mol. The number of rotatable bonds is 12. The summed E-state index contributed by atoms with van der Waals surface area (Å²) in [5.41, 5.74) is 3.48. The SMILES string of the molecule is C=CCOC(=O)N1C[C@@H](SC(c2ccccc2)(c2ccccc2)c2ccccc2)C[C@H]1CC1C[C@@H](C(=O)N(C)C)N(C(=O)OCC=C)C1. The molecule has 2 saturated heterocycles. The molecule has 9 heteroatoms. The fourth-order valence-electron chi connectivity index (χ4n) is 7.02. The van der Waals surface area contributed by atoms with Gasteiger partial charge in [-0.3, -0.25) is 9.69 Å². The zero-order chi connectivity index (χ0) is 34.1. The Balaban J connectivity index is 1.47.